The molecule has 0 saturated carbocycles. The van der Waals surface area contributed by atoms with Crippen LogP contribution in [0.25, 0.3) is 5.57 Å². The molecule has 1 aliphatic rings. The molecular weight excluding hydrogens is 146 g/mol. The van der Waals surface area contributed by atoms with E-state index in [1.165, 1.54) is 16.8 Å². The number of hydrogen-bond donors (Lipinski definition) is 1. The molecule has 0 bridgehead atoms. The molecule has 0 radical (unpaired) electrons. The van der Waals surface area contributed by atoms with E-state index in [1.54, 1.807) is 0 Å². The van der Waals surface area contributed by atoms with Gasteiger partial charge in [-0.3, -0.25) is 0 Å². The van der Waals surface area contributed by atoms with Crippen molar-refractivity contribution in [2.24, 2.45) is 0 Å². The molecule has 1 aromatic carbocycles. The molecule has 0 aliphatic carbocycles. The molecule has 2 rings (SSSR count). The zero-order valence-electron chi connectivity index (χ0n) is 7.35. The Kier molecular flexibility index (Phi) is 1.65. The van der Waals surface area contributed by atoms with E-state index in [1.807, 2.05) is 0 Å². The summed E-state index contributed by atoms with van der Waals surface area (Å²) in [7, 11) is 0. The van der Waals surface area contributed by atoms with Gasteiger partial charge >= 0.3 is 0 Å². The van der Waals surface area contributed by atoms with Gasteiger partial charge < -0.3 is 5.32 Å². The maximum absolute atomic E-state index is 3.96. The Bertz CT molecular complexity index is 326. The van der Waals surface area contributed by atoms with Crippen LogP contribution >= 0.6 is 0 Å². The van der Waals surface area contributed by atoms with Gasteiger partial charge in [0.1, 0.15) is 0 Å². The molecule has 0 unspecified atom stereocenters. The predicted octanol–water partition coefficient (Wildman–Crippen LogP) is 2.69. The van der Waals surface area contributed by atoms with E-state index < -0.39 is 0 Å². The van der Waals surface area contributed by atoms with Gasteiger partial charge in [-0.2, -0.15) is 0 Å². The minimum Gasteiger partial charge on any atom is -0.384 e. The van der Waals surface area contributed by atoms with Gasteiger partial charge in [0.25, 0.3) is 0 Å². The van der Waals surface area contributed by atoms with Crippen molar-refractivity contribution in [1.82, 2.24) is 0 Å². The summed E-state index contributed by atoms with van der Waals surface area (Å²) in [6, 6.07) is 6.41. The normalized spacial score (nSPS) is 13.8. The fourth-order valence-corrected chi connectivity index (χ4v) is 1.70. The van der Waals surface area contributed by atoms with Crippen molar-refractivity contribution in [2.75, 3.05) is 11.9 Å². The summed E-state index contributed by atoms with van der Waals surface area (Å²) in [6.45, 7) is 7.08. The van der Waals surface area contributed by atoms with E-state index in [0.29, 0.717) is 0 Å². The van der Waals surface area contributed by atoms with Crippen LogP contribution in [-0.4, -0.2) is 6.54 Å². The molecule has 0 amide bonds. The zero-order chi connectivity index (χ0) is 8.55. The fourth-order valence-electron chi connectivity index (χ4n) is 1.70. The third-order valence-corrected chi connectivity index (χ3v) is 2.31. The predicted molar refractivity (Wildman–Crippen MR) is 53.3 cm³/mol. The second kappa shape index (κ2) is 2.67. The van der Waals surface area contributed by atoms with Crippen LogP contribution in [0.3, 0.4) is 0 Å². The molecule has 1 heteroatoms. The van der Waals surface area contributed by atoms with E-state index in [4.69, 9.17) is 0 Å². The summed E-state index contributed by atoms with van der Waals surface area (Å²) in [4.78, 5) is 0. The minimum atomic E-state index is 1.07. The molecule has 0 atom stereocenters. The molecule has 1 aromatic rings. The van der Waals surface area contributed by atoms with Crippen LogP contribution in [0, 0.1) is 0 Å². The van der Waals surface area contributed by atoms with Crippen LogP contribution in [0.2, 0.25) is 0 Å². The lowest BCUT2D eigenvalue weighted by atomic mass is 10.0. The van der Waals surface area contributed by atoms with Crippen molar-refractivity contribution in [2.45, 2.75) is 13.3 Å². The summed E-state index contributed by atoms with van der Waals surface area (Å²) in [6.07, 6.45) is 1.15. The first-order valence-corrected chi connectivity index (χ1v) is 4.30. The Hall–Kier alpha value is -1.24. The number of anilines is 1. The molecule has 1 heterocycles. The van der Waals surface area contributed by atoms with Crippen LogP contribution in [0.1, 0.15) is 18.1 Å². The van der Waals surface area contributed by atoms with Gasteiger partial charge in [-0.05, 0) is 24.5 Å². The van der Waals surface area contributed by atoms with E-state index in [-0.39, 0.29) is 0 Å². The maximum Gasteiger partial charge on any atom is 0.0449 e. The Labute approximate surface area is 73.1 Å². The van der Waals surface area contributed by atoms with Crippen molar-refractivity contribution in [1.29, 1.82) is 0 Å². The number of benzene rings is 1. The van der Waals surface area contributed by atoms with Crippen LogP contribution in [0.4, 0.5) is 5.69 Å². The summed E-state index contributed by atoms with van der Waals surface area (Å²) in [5.41, 5.74) is 5.13. The number of para-hydroxylation sites is 1. The summed E-state index contributed by atoms with van der Waals surface area (Å²) in [5, 5.41) is 3.39. The summed E-state index contributed by atoms with van der Waals surface area (Å²) >= 11 is 0. The van der Waals surface area contributed by atoms with Gasteiger partial charge in [0, 0.05) is 17.8 Å². The van der Waals surface area contributed by atoms with Gasteiger partial charge in [0.15, 0.2) is 0 Å². The standard InChI is InChI=1S/C11H13N/c1-8(2)10-5-3-4-9-6-7-12-11(9)10/h3-5,12H,1,6-7H2,2H3. The first-order valence-electron chi connectivity index (χ1n) is 4.30. The third-order valence-electron chi connectivity index (χ3n) is 2.31. The monoisotopic (exact) mass is 159 g/mol. The molecule has 0 saturated heterocycles. The van der Waals surface area contributed by atoms with Gasteiger partial charge in [0.05, 0.1) is 0 Å². The van der Waals surface area contributed by atoms with Crippen LogP contribution in [-0.2, 0) is 6.42 Å². The zero-order valence-corrected chi connectivity index (χ0v) is 7.35. The highest BCUT2D eigenvalue weighted by atomic mass is 14.9. The molecule has 1 aliphatic heterocycles. The van der Waals surface area contributed by atoms with Crippen LogP contribution < -0.4 is 5.32 Å². The smallest absolute Gasteiger partial charge is 0.0449 e. The van der Waals surface area contributed by atoms with E-state index >= 15 is 0 Å². The third kappa shape index (κ3) is 1.02. The fraction of sp³-hybridized carbons (Fsp3) is 0.273. The lowest BCUT2D eigenvalue weighted by molar-refractivity contribution is 1.11. The molecule has 0 aromatic heterocycles. The van der Waals surface area contributed by atoms with Gasteiger partial charge in [0.2, 0.25) is 0 Å². The Morgan fingerprint density at radius 3 is 3.08 bits per heavy atom. The Morgan fingerprint density at radius 2 is 2.33 bits per heavy atom. The second-order valence-electron chi connectivity index (χ2n) is 3.30. The molecular formula is C11H13N. The highest BCUT2D eigenvalue weighted by molar-refractivity contribution is 5.77. The lowest BCUT2D eigenvalue weighted by Gasteiger charge is -2.07. The van der Waals surface area contributed by atoms with Crippen molar-refractivity contribution < 1.29 is 0 Å². The van der Waals surface area contributed by atoms with Crippen molar-refractivity contribution in [3.8, 4) is 0 Å². The molecule has 62 valence electrons. The minimum absolute atomic E-state index is 1.07. The number of rotatable bonds is 1. The number of fused-ring (bicyclic) bond motifs is 1. The summed E-state index contributed by atoms with van der Waals surface area (Å²) < 4.78 is 0. The van der Waals surface area contributed by atoms with Crippen molar-refractivity contribution >= 4 is 11.3 Å². The molecule has 0 spiro atoms. The Morgan fingerprint density at radius 1 is 1.50 bits per heavy atom. The van der Waals surface area contributed by atoms with E-state index in [0.717, 1.165) is 18.5 Å². The molecule has 1 N–H and O–H groups in total. The lowest BCUT2D eigenvalue weighted by Crippen LogP contribution is -1.93. The largest absolute Gasteiger partial charge is 0.384 e. The average Bonchev–Trinajstić information content (AvgIpc) is 2.49. The van der Waals surface area contributed by atoms with Gasteiger partial charge in [-0.25, -0.2) is 0 Å². The molecule has 12 heavy (non-hydrogen) atoms. The first kappa shape index (κ1) is 7.41. The number of hydrogen-bond acceptors (Lipinski definition) is 1. The maximum atomic E-state index is 3.96. The van der Waals surface area contributed by atoms with Crippen molar-refractivity contribution in [3.05, 3.63) is 35.9 Å². The van der Waals surface area contributed by atoms with E-state index in [9.17, 15) is 0 Å². The number of allylic oxidation sites excluding steroid dienone is 1. The topological polar surface area (TPSA) is 12.0 Å². The quantitative estimate of drug-likeness (QED) is 0.664. The SMILES string of the molecule is C=C(C)c1cccc2c1NCC2. The first-order chi connectivity index (χ1) is 5.79. The van der Waals surface area contributed by atoms with Crippen molar-refractivity contribution in [3.63, 3.8) is 0 Å². The highest BCUT2D eigenvalue weighted by Crippen LogP contribution is 2.30. The van der Waals surface area contributed by atoms with Gasteiger partial charge in [-0.1, -0.05) is 24.8 Å². The van der Waals surface area contributed by atoms with E-state index in [2.05, 4.69) is 37.0 Å². The molecule has 1 nitrogen and oxygen atoms in total. The summed E-state index contributed by atoms with van der Waals surface area (Å²) in [5.74, 6) is 0. The van der Waals surface area contributed by atoms with Crippen LogP contribution in [0.5, 0.6) is 0 Å². The van der Waals surface area contributed by atoms with Crippen LogP contribution in [0.15, 0.2) is 24.8 Å². The van der Waals surface area contributed by atoms with Gasteiger partial charge in [-0.15, -0.1) is 0 Å². The highest BCUT2D eigenvalue weighted by Gasteiger charge is 2.12. The molecule has 0 fully saturated rings. The number of nitrogens with one attached hydrogen (secondary N) is 1. The average molecular weight is 159 g/mol. The Balaban J connectivity index is 2.56. The second-order valence-corrected chi connectivity index (χ2v) is 3.30.